The van der Waals surface area contributed by atoms with E-state index in [1.165, 1.54) is 12.1 Å². The highest BCUT2D eigenvalue weighted by Crippen LogP contribution is 2.31. The molecular formula is C27H22N2O9S2. The lowest BCUT2D eigenvalue weighted by atomic mass is 10.1. The Morgan fingerprint density at radius 2 is 1.73 bits per heavy atom. The lowest BCUT2D eigenvalue weighted by Crippen LogP contribution is -2.32. The molecule has 206 valence electrons. The number of hydrogen-bond acceptors (Lipinski definition) is 10. The first-order valence-corrected chi connectivity index (χ1v) is 14.4. The maximum absolute atomic E-state index is 12.7. The fourth-order valence-corrected chi connectivity index (χ4v) is 5.89. The zero-order chi connectivity index (χ0) is 28.6. The molecule has 5 rings (SSSR count). The standard InChI is InChI=1S/C27H22N2O9S2/c1-2-28(15-16-3-5-17(6-4-16)26(32)38-29-23(30)10-11-24(29)31)19-8-7-18-13-20(27(33)37-21(18)14-19)22-9-12-25(39-22)40(34,35)36/h3-9,12-14H,2,10-11,15H2,1H3,(H,34,35,36). The monoisotopic (exact) mass is 582 g/mol. The Bertz CT molecular complexity index is 1790. The number of anilines is 1. The van der Waals surface area contributed by atoms with Gasteiger partial charge in [0, 0.05) is 47.9 Å². The van der Waals surface area contributed by atoms with Crippen molar-refractivity contribution in [3.05, 3.63) is 82.2 Å². The molecule has 2 aromatic heterocycles. The second-order valence-electron chi connectivity index (χ2n) is 8.94. The van der Waals surface area contributed by atoms with E-state index < -0.39 is 33.5 Å². The maximum Gasteiger partial charge on any atom is 0.363 e. The van der Waals surface area contributed by atoms with E-state index in [0.717, 1.165) is 22.6 Å². The molecule has 0 saturated carbocycles. The second kappa shape index (κ2) is 10.7. The third kappa shape index (κ3) is 5.52. The van der Waals surface area contributed by atoms with Crippen molar-refractivity contribution < 1.29 is 36.6 Å². The first kappa shape index (κ1) is 27.2. The van der Waals surface area contributed by atoms with Crippen LogP contribution in [0, 0.1) is 0 Å². The summed E-state index contributed by atoms with van der Waals surface area (Å²) in [6.45, 7) is 3.05. The third-order valence-corrected chi connectivity index (χ3v) is 8.75. The Balaban J connectivity index is 1.33. The lowest BCUT2D eigenvalue weighted by molar-refractivity contribution is -0.172. The van der Waals surface area contributed by atoms with Crippen LogP contribution in [0.25, 0.3) is 21.4 Å². The van der Waals surface area contributed by atoms with E-state index in [0.29, 0.717) is 34.0 Å². The number of rotatable bonds is 8. The molecule has 2 amide bonds. The van der Waals surface area contributed by atoms with Gasteiger partial charge >= 0.3 is 21.7 Å². The number of carbonyl (C=O) groups is 3. The Morgan fingerprint density at radius 1 is 1.02 bits per heavy atom. The Kier molecular flexibility index (Phi) is 7.27. The van der Waals surface area contributed by atoms with E-state index in [9.17, 15) is 32.1 Å². The van der Waals surface area contributed by atoms with Crippen molar-refractivity contribution in [2.75, 3.05) is 11.4 Å². The number of fused-ring (bicyclic) bond motifs is 1. The molecule has 0 unspecified atom stereocenters. The van der Waals surface area contributed by atoms with Crippen LogP contribution in [0.1, 0.15) is 35.7 Å². The first-order chi connectivity index (χ1) is 19.0. The minimum atomic E-state index is -4.37. The van der Waals surface area contributed by atoms with Gasteiger partial charge in [0.25, 0.3) is 11.8 Å². The van der Waals surface area contributed by atoms with Gasteiger partial charge in [-0.3, -0.25) is 14.1 Å². The summed E-state index contributed by atoms with van der Waals surface area (Å²) >= 11 is 0.772. The molecule has 2 aromatic carbocycles. The first-order valence-electron chi connectivity index (χ1n) is 12.1. The van der Waals surface area contributed by atoms with E-state index in [-0.39, 0.29) is 28.2 Å². The largest absolute Gasteiger partial charge is 0.422 e. The molecule has 40 heavy (non-hydrogen) atoms. The van der Waals surface area contributed by atoms with Crippen molar-refractivity contribution >= 4 is 55.9 Å². The summed E-state index contributed by atoms with van der Waals surface area (Å²) in [6, 6.07) is 16.2. The van der Waals surface area contributed by atoms with Crippen molar-refractivity contribution in [3.63, 3.8) is 0 Å². The summed E-state index contributed by atoms with van der Waals surface area (Å²) in [4.78, 5) is 55.8. The average Bonchev–Trinajstić information content (AvgIpc) is 3.54. The van der Waals surface area contributed by atoms with Crippen LogP contribution in [0.15, 0.2) is 74.1 Å². The number of thiophene rings is 1. The van der Waals surface area contributed by atoms with Crippen LogP contribution in [0.5, 0.6) is 0 Å². The van der Waals surface area contributed by atoms with Gasteiger partial charge in [0.1, 0.15) is 9.79 Å². The summed E-state index contributed by atoms with van der Waals surface area (Å²) < 4.78 is 37.3. The van der Waals surface area contributed by atoms with Crippen molar-refractivity contribution in [2.45, 2.75) is 30.5 Å². The second-order valence-corrected chi connectivity index (χ2v) is 11.7. The predicted molar refractivity (Wildman–Crippen MR) is 145 cm³/mol. The minimum absolute atomic E-state index is 0.0176. The number of benzene rings is 2. The van der Waals surface area contributed by atoms with Gasteiger partial charge in [-0.1, -0.05) is 12.1 Å². The van der Waals surface area contributed by atoms with Crippen LogP contribution in [0.4, 0.5) is 5.69 Å². The molecule has 3 heterocycles. The van der Waals surface area contributed by atoms with E-state index in [4.69, 9.17) is 9.25 Å². The number of amides is 2. The molecule has 4 aromatic rings. The Morgan fingerprint density at radius 3 is 2.35 bits per heavy atom. The van der Waals surface area contributed by atoms with Crippen LogP contribution in [0.2, 0.25) is 0 Å². The molecule has 1 fully saturated rings. The number of hydrogen-bond donors (Lipinski definition) is 1. The molecule has 0 aliphatic carbocycles. The van der Waals surface area contributed by atoms with Crippen LogP contribution in [0.3, 0.4) is 0 Å². The molecule has 1 saturated heterocycles. The molecule has 1 aliphatic rings. The third-order valence-electron chi connectivity index (χ3n) is 6.31. The highest BCUT2D eigenvalue weighted by atomic mass is 32.3. The smallest absolute Gasteiger partial charge is 0.363 e. The van der Waals surface area contributed by atoms with Crippen molar-refractivity contribution in [1.82, 2.24) is 5.06 Å². The van der Waals surface area contributed by atoms with Crippen molar-refractivity contribution in [1.29, 1.82) is 0 Å². The molecule has 0 spiro atoms. The maximum atomic E-state index is 12.7. The van der Waals surface area contributed by atoms with E-state index in [2.05, 4.69) is 0 Å². The number of imide groups is 1. The number of hydroxylamine groups is 2. The van der Waals surface area contributed by atoms with Crippen LogP contribution in [-0.2, 0) is 31.1 Å². The topological polar surface area (TPSA) is 152 Å². The van der Waals surface area contributed by atoms with Gasteiger partial charge in [-0.05, 0) is 55.0 Å². The summed E-state index contributed by atoms with van der Waals surface area (Å²) in [7, 11) is -4.37. The van der Waals surface area contributed by atoms with Crippen molar-refractivity contribution in [3.8, 4) is 10.4 Å². The van der Waals surface area contributed by atoms with Gasteiger partial charge in [-0.2, -0.15) is 8.42 Å². The van der Waals surface area contributed by atoms with Gasteiger partial charge in [-0.15, -0.1) is 16.4 Å². The lowest BCUT2D eigenvalue weighted by Gasteiger charge is -2.23. The van der Waals surface area contributed by atoms with Crippen LogP contribution >= 0.6 is 11.3 Å². The minimum Gasteiger partial charge on any atom is -0.422 e. The molecular weight excluding hydrogens is 560 g/mol. The summed E-state index contributed by atoms with van der Waals surface area (Å²) in [5.74, 6) is -1.90. The van der Waals surface area contributed by atoms with Crippen LogP contribution in [-0.4, -0.2) is 42.4 Å². The molecule has 0 radical (unpaired) electrons. The zero-order valence-electron chi connectivity index (χ0n) is 21.0. The number of nitrogens with zero attached hydrogens (tertiary/aromatic N) is 2. The molecule has 0 bridgehead atoms. The van der Waals surface area contributed by atoms with Gasteiger partial charge in [-0.25, -0.2) is 9.59 Å². The van der Waals surface area contributed by atoms with Gasteiger partial charge in [0.15, 0.2) is 0 Å². The fraction of sp³-hybridized carbons (Fsp3) is 0.185. The molecule has 0 atom stereocenters. The van der Waals surface area contributed by atoms with Crippen molar-refractivity contribution in [2.24, 2.45) is 0 Å². The molecule has 11 nitrogen and oxygen atoms in total. The Hall–Kier alpha value is -4.33. The fourth-order valence-electron chi connectivity index (χ4n) is 4.22. The van der Waals surface area contributed by atoms with Gasteiger partial charge in [0.2, 0.25) is 0 Å². The van der Waals surface area contributed by atoms with E-state index in [1.807, 2.05) is 17.9 Å². The normalized spacial score (nSPS) is 13.7. The van der Waals surface area contributed by atoms with Gasteiger partial charge in [0.05, 0.1) is 11.1 Å². The predicted octanol–water partition coefficient (Wildman–Crippen LogP) is 4.02. The highest BCUT2D eigenvalue weighted by molar-refractivity contribution is 7.88. The zero-order valence-corrected chi connectivity index (χ0v) is 22.7. The van der Waals surface area contributed by atoms with E-state index in [1.54, 1.807) is 42.5 Å². The average molecular weight is 583 g/mol. The van der Waals surface area contributed by atoms with E-state index >= 15 is 0 Å². The Labute approximate surface area is 231 Å². The highest BCUT2D eigenvalue weighted by Gasteiger charge is 2.33. The summed E-state index contributed by atoms with van der Waals surface area (Å²) in [6.07, 6.45) is 0.0353. The van der Waals surface area contributed by atoms with Gasteiger partial charge < -0.3 is 14.2 Å². The summed E-state index contributed by atoms with van der Waals surface area (Å²) in [5.41, 5.74) is 1.74. The molecule has 1 aliphatic heterocycles. The summed E-state index contributed by atoms with van der Waals surface area (Å²) in [5, 5.41) is 1.14. The molecule has 13 heteroatoms. The SMILES string of the molecule is CCN(Cc1ccc(C(=O)ON2C(=O)CCC2=O)cc1)c1ccc2cc(-c3ccc(S(=O)(=O)O)s3)c(=O)oc2c1. The molecule has 1 N–H and O–H groups in total. The quantitative estimate of drug-likeness (QED) is 0.183. The number of carbonyl (C=O) groups excluding carboxylic acids is 3. The van der Waals surface area contributed by atoms with Crippen LogP contribution < -0.4 is 10.5 Å².